The van der Waals surface area contributed by atoms with E-state index in [1.165, 1.54) is 31.2 Å². The van der Waals surface area contributed by atoms with E-state index in [4.69, 9.17) is 4.74 Å². The molecule has 1 saturated carbocycles. The maximum absolute atomic E-state index is 9.75. The fourth-order valence-corrected chi connectivity index (χ4v) is 3.15. The largest absolute Gasteiger partial charge is 0.504 e. The summed E-state index contributed by atoms with van der Waals surface area (Å²) in [6.45, 7) is 5.78. The number of ether oxygens (including phenoxy) is 1. The van der Waals surface area contributed by atoms with Crippen LogP contribution < -0.4 is 4.74 Å². The molecule has 0 aromatic heterocycles. The number of phenolic OH excluding ortho intramolecular Hbond substituents is 1. The molecule has 1 aromatic carbocycles. The lowest BCUT2D eigenvalue weighted by Gasteiger charge is -2.34. The van der Waals surface area contributed by atoms with Gasteiger partial charge in [0.15, 0.2) is 11.5 Å². The Morgan fingerprint density at radius 1 is 1.35 bits per heavy atom. The van der Waals surface area contributed by atoms with Crippen LogP contribution >= 0.6 is 0 Å². The highest BCUT2D eigenvalue weighted by atomic mass is 16.5. The van der Waals surface area contributed by atoms with Crippen molar-refractivity contribution in [3.63, 3.8) is 0 Å². The maximum Gasteiger partial charge on any atom is 0.161 e. The Bertz CT molecular complexity index is 433. The summed E-state index contributed by atoms with van der Waals surface area (Å²) in [5.41, 5.74) is 1.20. The van der Waals surface area contributed by atoms with Crippen LogP contribution in [0, 0.1) is 5.92 Å². The van der Waals surface area contributed by atoms with Gasteiger partial charge in [-0.1, -0.05) is 25.8 Å². The van der Waals surface area contributed by atoms with Gasteiger partial charge < -0.3 is 9.84 Å². The molecule has 20 heavy (non-hydrogen) atoms. The average molecular weight is 277 g/mol. The molecule has 0 saturated heterocycles. The predicted octanol–water partition coefficient (Wildman–Crippen LogP) is 3.80. The van der Waals surface area contributed by atoms with E-state index < -0.39 is 0 Å². The Hall–Kier alpha value is -1.22. The molecule has 0 aliphatic heterocycles. The van der Waals surface area contributed by atoms with Crippen molar-refractivity contribution < 1.29 is 9.84 Å². The van der Waals surface area contributed by atoms with Gasteiger partial charge in [0, 0.05) is 12.6 Å². The minimum Gasteiger partial charge on any atom is -0.504 e. The summed E-state index contributed by atoms with van der Waals surface area (Å²) in [6.07, 6.45) is 5.32. The van der Waals surface area contributed by atoms with Crippen LogP contribution in [-0.2, 0) is 6.54 Å². The zero-order valence-electron chi connectivity index (χ0n) is 12.9. The van der Waals surface area contributed by atoms with Crippen LogP contribution in [0.2, 0.25) is 0 Å². The van der Waals surface area contributed by atoms with Gasteiger partial charge >= 0.3 is 0 Å². The van der Waals surface area contributed by atoms with Crippen LogP contribution in [0.4, 0.5) is 0 Å². The molecule has 0 bridgehead atoms. The van der Waals surface area contributed by atoms with Crippen molar-refractivity contribution in [2.75, 3.05) is 13.7 Å². The zero-order valence-corrected chi connectivity index (χ0v) is 12.9. The zero-order chi connectivity index (χ0) is 14.5. The third kappa shape index (κ3) is 3.89. The molecule has 3 nitrogen and oxygen atoms in total. The summed E-state index contributed by atoms with van der Waals surface area (Å²) in [4.78, 5) is 2.44. The van der Waals surface area contributed by atoms with Crippen LogP contribution in [0.5, 0.6) is 11.5 Å². The third-order valence-electron chi connectivity index (χ3n) is 4.29. The highest BCUT2D eigenvalue weighted by Gasteiger charge is 2.22. The molecule has 2 atom stereocenters. The van der Waals surface area contributed by atoms with Crippen LogP contribution in [0.15, 0.2) is 18.2 Å². The van der Waals surface area contributed by atoms with Gasteiger partial charge in [0.2, 0.25) is 0 Å². The molecule has 1 N–H and O–H groups in total. The molecule has 1 fully saturated rings. The maximum atomic E-state index is 9.75. The van der Waals surface area contributed by atoms with Crippen LogP contribution in [0.25, 0.3) is 0 Å². The molecular formula is C17H27NO2. The Labute approximate surface area is 122 Å². The van der Waals surface area contributed by atoms with Crippen molar-refractivity contribution in [2.24, 2.45) is 5.92 Å². The Balaban J connectivity index is 1.99. The smallest absolute Gasteiger partial charge is 0.161 e. The molecule has 112 valence electrons. The molecule has 1 aliphatic carbocycles. The molecule has 0 heterocycles. The molecular weight excluding hydrogens is 250 g/mol. The summed E-state index contributed by atoms with van der Waals surface area (Å²) in [5.74, 6) is 1.66. The Morgan fingerprint density at radius 3 is 2.85 bits per heavy atom. The van der Waals surface area contributed by atoms with Gasteiger partial charge in [-0.15, -0.1) is 0 Å². The van der Waals surface area contributed by atoms with E-state index in [1.54, 1.807) is 6.07 Å². The van der Waals surface area contributed by atoms with Gasteiger partial charge in [0.1, 0.15) is 0 Å². The number of nitrogens with zero attached hydrogens (tertiary/aromatic N) is 1. The van der Waals surface area contributed by atoms with Crippen molar-refractivity contribution in [1.29, 1.82) is 0 Å². The first-order valence-corrected chi connectivity index (χ1v) is 7.75. The lowest BCUT2D eigenvalue weighted by molar-refractivity contribution is 0.157. The molecule has 0 radical (unpaired) electrons. The summed E-state index contributed by atoms with van der Waals surface area (Å²) < 4.78 is 5.45. The first-order chi connectivity index (χ1) is 9.60. The van der Waals surface area contributed by atoms with Gasteiger partial charge in [0.05, 0.1) is 6.61 Å². The molecule has 2 rings (SSSR count). The minimum atomic E-state index is 0.226. The van der Waals surface area contributed by atoms with Gasteiger partial charge in [-0.3, -0.25) is 4.90 Å². The molecule has 0 spiro atoms. The summed E-state index contributed by atoms with van der Waals surface area (Å²) in [6, 6.07) is 6.36. The lowest BCUT2D eigenvalue weighted by Crippen LogP contribution is -2.35. The number of rotatable bonds is 5. The van der Waals surface area contributed by atoms with E-state index in [1.807, 2.05) is 19.1 Å². The van der Waals surface area contributed by atoms with E-state index in [0.717, 1.165) is 12.5 Å². The second-order valence-corrected chi connectivity index (χ2v) is 6.08. The highest BCUT2D eigenvalue weighted by Crippen LogP contribution is 2.30. The molecule has 1 aromatic rings. The summed E-state index contributed by atoms with van der Waals surface area (Å²) >= 11 is 0. The number of phenols is 1. The number of hydrogen-bond acceptors (Lipinski definition) is 3. The standard InChI is InChI=1S/C17H27NO2/c1-4-20-17-11-14(8-9-16(17)19)12-18(3)15-7-5-6-13(2)10-15/h8-9,11,13,15,19H,4-7,10,12H2,1-3H3. The van der Waals surface area contributed by atoms with E-state index in [9.17, 15) is 5.11 Å². The molecule has 1 aliphatic rings. The number of benzene rings is 1. The predicted molar refractivity (Wildman–Crippen MR) is 82.2 cm³/mol. The topological polar surface area (TPSA) is 32.7 Å². The fourth-order valence-electron chi connectivity index (χ4n) is 3.15. The van der Waals surface area contributed by atoms with E-state index >= 15 is 0 Å². The summed E-state index contributed by atoms with van der Waals surface area (Å²) in [7, 11) is 2.20. The average Bonchev–Trinajstić information content (AvgIpc) is 2.43. The quantitative estimate of drug-likeness (QED) is 0.888. The van der Waals surface area contributed by atoms with Crippen molar-refractivity contribution in [1.82, 2.24) is 4.90 Å². The number of aromatic hydroxyl groups is 1. The van der Waals surface area contributed by atoms with E-state index in [2.05, 4.69) is 18.9 Å². The monoisotopic (exact) mass is 277 g/mol. The highest BCUT2D eigenvalue weighted by molar-refractivity contribution is 5.41. The fraction of sp³-hybridized carbons (Fsp3) is 0.647. The van der Waals surface area contributed by atoms with Crippen molar-refractivity contribution >= 4 is 0 Å². The third-order valence-corrected chi connectivity index (χ3v) is 4.29. The van der Waals surface area contributed by atoms with Gasteiger partial charge in [-0.2, -0.15) is 0 Å². The van der Waals surface area contributed by atoms with E-state index in [0.29, 0.717) is 18.4 Å². The first kappa shape index (κ1) is 15.2. The van der Waals surface area contributed by atoms with E-state index in [-0.39, 0.29) is 5.75 Å². The minimum absolute atomic E-state index is 0.226. The molecule has 3 heteroatoms. The molecule has 0 amide bonds. The number of hydrogen-bond donors (Lipinski definition) is 1. The lowest BCUT2D eigenvalue weighted by atomic mass is 9.86. The second-order valence-electron chi connectivity index (χ2n) is 6.08. The van der Waals surface area contributed by atoms with Gasteiger partial charge in [-0.05, 0) is 50.4 Å². The Morgan fingerprint density at radius 2 is 2.15 bits per heavy atom. The molecule has 2 unspecified atom stereocenters. The van der Waals surface area contributed by atoms with Gasteiger partial charge in [0.25, 0.3) is 0 Å². The van der Waals surface area contributed by atoms with Crippen LogP contribution in [0.1, 0.15) is 45.1 Å². The Kier molecular flexibility index (Phi) is 5.30. The van der Waals surface area contributed by atoms with Crippen molar-refractivity contribution in [3.8, 4) is 11.5 Å². The van der Waals surface area contributed by atoms with Gasteiger partial charge in [-0.25, -0.2) is 0 Å². The SMILES string of the molecule is CCOc1cc(CN(C)C2CCCC(C)C2)ccc1O. The summed E-state index contributed by atoms with van der Waals surface area (Å²) in [5, 5.41) is 9.75. The normalized spacial score (nSPS) is 23.0. The van der Waals surface area contributed by atoms with Crippen LogP contribution in [0.3, 0.4) is 0 Å². The van der Waals surface area contributed by atoms with Crippen molar-refractivity contribution in [3.05, 3.63) is 23.8 Å². The first-order valence-electron chi connectivity index (χ1n) is 7.75. The van der Waals surface area contributed by atoms with Crippen molar-refractivity contribution in [2.45, 2.75) is 52.1 Å². The van der Waals surface area contributed by atoms with Crippen LogP contribution in [-0.4, -0.2) is 29.7 Å². The second kappa shape index (κ2) is 6.98.